The zero-order valence-electron chi connectivity index (χ0n) is 11.1. The summed E-state index contributed by atoms with van der Waals surface area (Å²) in [4.78, 5) is 15.5. The molecule has 0 amide bonds. The molecule has 0 saturated heterocycles. The SMILES string of the molecule is Cc1cnc(=O)n(CC(N)c2cc3ccccc3o2)c1. The lowest BCUT2D eigenvalue weighted by molar-refractivity contribution is 0.447. The highest BCUT2D eigenvalue weighted by Gasteiger charge is 2.13. The molecular formula is C15H15N3O2. The van der Waals surface area contributed by atoms with Crippen molar-refractivity contribution in [3.63, 3.8) is 0 Å². The molecule has 0 aliphatic carbocycles. The first kappa shape index (κ1) is 12.6. The molecular weight excluding hydrogens is 254 g/mol. The number of hydrogen-bond acceptors (Lipinski definition) is 4. The van der Waals surface area contributed by atoms with Crippen LogP contribution in [0.1, 0.15) is 17.4 Å². The molecule has 0 radical (unpaired) electrons. The number of aromatic nitrogens is 2. The molecule has 102 valence electrons. The summed E-state index contributed by atoms with van der Waals surface area (Å²) in [6.07, 6.45) is 3.30. The summed E-state index contributed by atoms with van der Waals surface area (Å²) in [6.45, 7) is 2.23. The third kappa shape index (κ3) is 2.35. The first-order chi connectivity index (χ1) is 9.63. The fraction of sp³-hybridized carbons (Fsp3) is 0.200. The number of rotatable bonds is 3. The van der Waals surface area contributed by atoms with Crippen molar-refractivity contribution in [1.82, 2.24) is 9.55 Å². The molecule has 3 rings (SSSR count). The lowest BCUT2D eigenvalue weighted by Crippen LogP contribution is -2.28. The second-order valence-corrected chi connectivity index (χ2v) is 4.86. The number of nitrogens with zero attached hydrogens (tertiary/aromatic N) is 2. The van der Waals surface area contributed by atoms with E-state index in [0.717, 1.165) is 16.5 Å². The molecule has 20 heavy (non-hydrogen) atoms. The number of benzene rings is 1. The summed E-state index contributed by atoms with van der Waals surface area (Å²) in [5.41, 5.74) is 7.54. The highest BCUT2D eigenvalue weighted by Crippen LogP contribution is 2.23. The molecule has 1 aromatic carbocycles. The summed E-state index contributed by atoms with van der Waals surface area (Å²) in [7, 11) is 0. The number of nitrogens with two attached hydrogens (primary N) is 1. The van der Waals surface area contributed by atoms with Crippen LogP contribution in [0.5, 0.6) is 0 Å². The zero-order chi connectivity index (χ0) is 14.1. The van der Waals surface area contributed by atoms with Crippen molar-refractivity contribution in [3.05, 3.63) is 64.5 Å². The molecule has 1 unspecified atom stereocenters. The van der Waals surface area contributed by atoms with E-state index in [2.05, 4.69) is 4.98 Å². The van der Waals surface area contributed by atoms with E-state index in [1.54, 1.807) is 12.4 Å². The van der Waals surface area contributed by atoms with Crippen molar-refractivity contribution in [2.45, 2.75) is 19.5 Å². The summed E-state index contributed by atoms with van der Waals surface area (Å²) >= 11 is 0. The van der Waals surface area contributed by atoms with Crippen LogP contribution in [0.2, 0.25) is 0 Å². The molecule has 2 aromatic heterocycles. The fourth-order valence-corrected chi connectivity index (χ4v) is 2.18. The standard InChI is InChI=1S/C15H15N3O2/c1-10-7-17-15(19)18(8-10)9-12(16)14-6-11-4-2-3-5-13(11)20-14/h2-8,12H,9,16H2,1H3. The molecule has 0 spiro atoms. The Bertz CT molecular complexity index is 771. The first-order valence-electron chi connectivity index (χ1n) is 6.40. The van der Waals surface area contributed by atoms with Gasteiger partial charge in [0.1, 0.15) is 11.3 Å². The fourth-order valence-electron chi connectivity index (χ4n) is 2.18. The van der Waals surface area contributed by atoms with E-state index < -0.39 is 0 Å². The summed E-state index contributed by atoms with van der Waals surface area (Å²) in [5.74, 6) is 0.666. The van der Waals surface area contributed by atoms with Crippen molar-refractivity contribution >= 4 is 11.0 Å². The van der Waals surface area contributed by atoms with Gasteiger partial charge in [-0.1, -0.05) is 18.2 Å². The Labute approximate surface area is 115 Å². The number of aryl methyl sites for hydroxylation is 1. The van der Waals surface area contributed by atoms with Crippen LogP contribution in [0.25, 0.3) is 11.0 Å². The van der Waals surface area contributed by atoms with E-state index >= 15 is 0 Å². The van der Waals surface area contributed by atoms with Gasteiger partial charge in [-0.05, 0) is 24.6 Å². The van der Waals surface area contributed by atoms with Crippen LogP contribution >= 0.6 is 0 Å². The Hall–Kier alpha value is -2.40. The van der Waals surface area contributed by atoms with Gasteiger partial charge >= 0.3 is 5.69 Å². The van der Waals surface area contributed by atoms with Crippen molar-refractivity contribution < 1.29 is 4.42 Å². The average molecular weight is 269 g/mol. The molecule has 0 saturated carbocycles. The smallest absolute Gasteiger partial charge is 0.347 e. The van der Waals surface area contributed by atoms with Crippen molar-refractivity contribution in [2.24, 2.45) is 5.73 Å². The predicted molar refractivity (Wildman–Crippen MR) is 76.4 cm³/mol. The van der Waals surface area contributed by atoms with E-state index in [4.69, 9.17) is 10.2 Å². The van der Waals surface area contributed by atoms with E-state index in [-0.39, 0.29) is 11.7 Å². The molecule has 0 aliphatic heterocycles. The molecule has 3 aromatic rings. The van der Waals surface area contributed by atoms with Crippen LogP contribution in [0.3, 0.4) is 0 Å². The van der Waals surface area contributed by atoms with Crippen LogP contribution in [-0.4, -0.2) is 9.55 Å². The van der Waals surface area contributed by atoms with Gasteiger partial charge in [-0.25, -0.2) is 9.78 Å². The molecule has 5 nitrogen and oxygen atoms in total. The van der Waals surface area contributed by atoms with Crippen LogP contribution in [0, 0.1) is 6.92 Å². The van der Waals surface area contributed by atoms with Gasteiger partial charge in [-0.15, -0.1) is 0 Å². The van der Waals surface area contributed by atoms with Gasteiger partial charge in [0.15, 0.2) is 0 Å². The third-order valence-electron chi connectivity index (χ3n) is 3.19. The normalized spacial score (nSPS) is 12.7. The van der Waals surface area contributed by atoms with E-state index in [1.165, 1.54) is 4.57 Å². The molecule has 1 atom stereocenters. The van der Waals surface area contributed by atoms with Crippen LogP contribution in [-0.2, 0) is 6.54 Å². The minimum atomic E-state index is -0.385. The first-order valence-corrected chi connectivity index (χ1v) is 6.40. The minimum absolute atomic E-state index is 0.304. The largest absolute Gasteiger partial charge is 0.459 e. The number of furan rings is 1. The molecule has 2 heterocycles. The Morgan fingerprint density at radius 2 is 2.20 bits per heavy atom. The second kappa shape index (κ2) is 4.94. The van der Waals surface area contributed by atoms with E-state index in [0.29, 0.717) is 12.3 Å². The van der Waals surface area contributed by atoms with Gasteiger partial charge in [0.25, 0.3) is 0 Å². The quantitative estimate of drug-likeness (QED) is 0.789. The maximum Gasteiger partial charge on any atom is 0.347 e. The Morgan fingerprint density at radius 3 is 3.00 bits per heavy atom. The van der Waals surface area contributed by atoms with Gasteiger partial charge in [0.05, 0.1) is 6.04 Å². The van der Waals surface area contributed by atoms with Gasteiger partial charge in [-0.2, -0.15) is 0 Å². The lowest BCUT2D eigenvalue weighted by atomic mass is 10.2. The summed E-state index contributed by atoms with van der Waals surface area (Å²) < 4.78 is 7.22. The maximum atomic E-state index is 11.7. The van der Waals surface area contributed by atoms with Gasteiger partial charge < -0.3 is 10.2 Å². The van der Waals surface area contributed by atoms with Crippen LogP contribution < -0.4 is 11.4 Å². The third-order valence-corrected chi connectivity index (χ3v) is 3.19. The molecule has 2 N–H and O–H groups in total. The topological polar surface area (TPSA) is 74.0 Å². The van der Waals surface area contributed by atoms with Crippen molar-refractivity contribution in [2.75, 3.05) is 0 Å². The average Bonchev–Trinajstić information content (AvgIpc) is 2.87. The molecule has 0 bridgehead atoms. The molecule has 5 heteroatoms. The summed E-state index contributed by atoms with van der Waals surface area (Å²) in [6, 6.07) is 9.25. The van der Waals surface area contributed by atoms with Crippen LogP contribution in [0.15, 0.2) is 51.9 Å². The highest BCUT2D eigenvalue weighted by molar-refractivity contribution is 5.77. The zero-order valence-corrected chi connectivity index (χ0v) is 11.1. The Morgan fingerprint density at radius 1 is 1.40 bits per heavy atom. The highest BCUT2D eigenvalue weighted by atomic mass is 16.3. The number of fused-ring (bicyclic) bond motifs is 1. The molecule has 0 fully saturated rings. The van der Waals surface area contributed by atoms with Crippen molar-refractivity contribution in [3.8, 4) is 0 Å². The Kier molecular flexibility index (Phi) is 3.12. The monoisotopic (exact) mass is 269 g/mol. The van der Waals surface area contributed by atoms with Crippen molar-refractivity contribution in [1.29, 1.82) is 0 Å². The van der Waals surface area contributed by atoms with E-state index in [9.17, 15) is 4.79 Å². The molecule has 0 aliphatic rings. The van der Waals surface area contributed by atoms with E-state index in [1.807, 2.05) is 37.3 Å². The van der Waals surface area contributed by atoms with Crippen LogP contribution in [0.4, 0.5) is 0 Å². The predicted octanol–water partition coefficient (Wildman–Crippen LogP) is 2.00. The number of para-hydroxylation sites is 1. The summed E-state index contributed by atoms with van der Waals surface area (Å²) in [5, 5.41) is 1.01. The second-order valence-electron chi connectivity index (χ2n) is 4.86. The van der Waals surface area contributed by atoms with Gasteiger partial charge in [-0.3, -0.25) is 4.57 Å². The Balaban J connectivity index is 1.90. The minimum Gasteiger partial charge on any atom is -0.459 e. The number of hydrogen-bond donors (Lipinski definition) is 1. The maximum absolute atomic E-state index is 11.7. The van der Waals surface area contributed by atoms with Gasteiger partial charge in [0.2, 0.25) is 0 Å². The lowest BCUT2D eigenvalue weighted by Gasteiger charge is -2.10. The van der Waals surface area contributed by atoms with Gasteiger partial charge in [0, 0.05) is 24.3 Å².